The van der Waals surface area contributed by atoms with Gasteiger partial charge in [0.15, 0.2) is 0 Å². The smallest absolute Gasteiger partial charge is 0.222 e. The van der Waals surface area contributed by atoms with Crippen LogP contribution in [0, 0.1) is 18.8 Å². The van der Waals surface area contributed by atoms with Gasteiger partial charge in [0, 0.05) is 71.7 Å². The van der Waals surface area contributed by atoms with Crippen LogP contribution >= 0.6 is 31.9 Å². The Morgan fingerprint density at radius 2 is 1.67 bits per heavy atom. The van der Waals surface area contributed by atoms with E-state index in [0.717, 1.165) is 69.2 Å². The molecule has 6 rings (SSSR count). The van der Waals surface area contributed by atoms with Crippen LogP contribution in [0.5, 0.6) is 0 Å². The number of piperidine rings is 2. The number of aryl methyl sites for hydroxylation is 3. The van der Waals surface area contributed by atoms with Gasteiger partial charge in [-0.05, 0) is 120 Å². The highest BCUT2D eigenvalue weighted by Crippen LogP contribution is 2.45. The number of likely N-dealkylation sites (tertiary alicyclic amines) is 1. The van der Waals surface area contributed by atoms with Gasteiger partial charge in [-0.3, -0.25) is 14.8 Å². The second-order valence-electron chi connectivity index (χ2n) is 11.6. The minimum absolute atomic E-state index is 0.260. The number of pyridine rings is 2. The molecule has 0 spiro atoms. The van der Waals surface area contributed by atoms with Crippen molar-refractivity contribution in [2.24, 2.45) is 11.8 Å². The fourth-order valence-corrected chi connectivity index (χ4v) is 8.27. The molecule has 2 fully saturated rings. The van der Waals surface area contributed by atoms with Gasteiger partial charge >= 0.3 is 0 Å². The number of hydrogen-bond donors (Lipinski definition) is 0. The van der Waals surface area contributed by atoms with E-state index in [-0.39, 0.29) is 5.92 Å². The van der Waals surface area contributed by atoms with Crippen molar-refractivity contribution in [3.63, 3.8) is 0 Å². The lowest BCUT2D eigenvalue weighted by atomic mass is 9.76. The number of fused-ring (bicyclic) bond motifs is 2. The third-order valence-electron chi connectivity index (χ3n) is 9.07. The summed E-state index contributed by atoms with van der Waals surface area (Å²) in [6, 6.07) is 11.0. The largest absolute Gasteiger partial charge is 0.371 e. The maximum atomic E-state index is 13.4. The average Bonchev–Trinajstić information content (AvgIpc) is 3.11. The van der Waals surface area contributed by atoms with Gasteiger partial charge in [0.05, 0.1) is 5.69 Å². The van der Waals surface area contributed by atoms with Crippen molar-refractivity contribution in [1.82, 2.24) is 14.9 Å². The molecule has 204 valence electrons. The van der Waals surface area contributed by atoms with Crippen molar-refractivity contribution in [2.75, 3.05) is 31.1 Å². The van der Waals surface area contributed by atoms with E-state index in [9.17, 15) is 4.79 Å². The first-order chi connectivity index (χ1) is 19.0. The third-order valence-corrected chi connectivity index (χ3v) is 10.2. The quantitative estimate of drug-likeness (QED) is 0.302. The lowest BCUT2D eigenvalue weighted by Crippen LogP contribution is -2.42. The van der Waals surface area contributed by atoms with E-state index >= 15 is 0 Å². The summed E-state index contributed by atoms with van der Waals surface area (Å²) < 4.78 is 2.25. The Balaban J connectivity index is 1.12. The molecule has 0 radical (unpaired) electrons. The van der Waals surface area contributed by atoms with Gasteiger partial charge in [-0.25, -0.2) is 0 Å². The first-order valence-electron chi connectivity index (χ1n) is 14.3. The summed E-state index contributed by atoms with van der Waals surface area (Å²) in [5, 5.41) is 0. The van der Waals surface area contributed by atoms with Crippen molar-refractivity contribution < 1.29 is 4.79 Å². The van der Waals surface area contributed by atoms with E-state index in [1.165, 1.54) is 38.1 Å². The Kier molecular flexibility index (Phi) is 8.08. The van der Waals surface area contributed by atoms with Gasteiger partial charge in [-0.2, -0.15) is 0 Å². The number of amides is 1. The molecule has 1 unspecified atom stereocenters. The summed E-state index contributed by atoms with van der Waals surface area (Å²) in [5.41, 5.74) is 7.98. The van der Waals surface area contributed by atoms with Crippen LogP contribution in [0.1, 0.15) is 66.0 Å². The van der Waals surface area contributed by atoms with Crippen LogP contribution < -0.4 is 4.90 Å². The SMILES string of the molecule is Cc1cc(Br)c2c(c1)CCc1cc(Br)cnc1C2C1CCN(C(=O)CC2CCN(c3ccncc3)CC2)CC1. The number of rotatable bonds is 4. The van der Waals surface area contributed by atoms with Gasteiger partial charge < -0.3 is 9.80 Å². The fraction of sp³-hybridized carbons (Fsp3) is 0.469. The zero-order valence-electron chi connectivity index (χ0n) is 22.6. The molecule has 4 heterocycles. The molecule has 2 aromatic heterocycles. The molecular formula is C32H36Br2N4O. The minimum Gasteiger partial charge on any atom is -0.371 e. The van der Waals surface area contributed by atoms with Crippen LogP contribution in [0.3, 0.4) is 0 Å². The number of carbonyl (C=O) groups is 1. The first kappa shape index (κ1) is 26.9. The maximum absolute atomic E-state index is 13.4. The van der Waals surface area contributed by atoms with Crippen molar-refractivity contribution >= 4 is 43.5 Å². The van der Waals surface area contributed by atoms with E-state index in [2.05, 4.69) is 83.9 Å². The van der Waals surface area contributed by atoms with Crippen molar-refractivity contribution in [3.8, 4) is 0 Å². The highest BCUT2D eigenvalue weighted by molar-refractivity contribution is 9.10. The molecule has 0 N–H and O–H groups in total. The predicted molar refractivity (Wildman–Crippen MR) is 163 cm³/mol. The van der Waals surface area contributed by atoms with Gasteiger partial charge in [0.2, 0.25) is 5.91 Å². The zero-order valence-corrected chi connectivity index (χ0v) is 25.8. The Morgan fingerprint density at radius 3 is 2.41 bits per heavy atom. The monoisotopic (exact) mass is 650 g/mol. The summed E-state index contributed by atoms with van der Waals surface area (Å²) in [5.74, 6) is 1.56. The summed E-state index contributed by atoms with van der Waals surface area (Å²) in [6.45, 7) is 5.91. The Hall–Kier alpha value is -2.25. The first-order valence-corrected chi connectivity index (χ1v) is 15.9. The normalized spacial score (nSPS) is 20.3. The molecule has 1 aromatic carbocycles. The number of aromatic nitrogens is 2. The number of carbonyl (C=O) groups excluding carboxylic acids is 1. The lowest BCUT2D eigenvalue weighted by molar-refractivity contribution is -0.133. The van der Waals surface area contributed by atoms with Crippen molar-refractivity contribution in [1.29, 1.82) is 0 Å². The third kappa shape index (κ3) is 5.81. The average molecular weight is 652 g/mol. The minimum atomic E-state index is 0.260. The Morgan fingerprint density at radius 1 is 0.949 bits per heavy atom. The predicted octanol–water partition coefficient (Wildman–Crippen LogP) is 7.09. The maximum Gasteiger partial charge on any atom is 0.222 e. The molecule has 1 amide bonds. The number of nitrogens with zero attached hydrogens (tertiary/aromatic N) is 4. The van der Waals surface area contributed by atoms with Gasteiger partial charge in [-0.15, -0.1) is 0 Å². The van der Waals surface area contributed by atoms with E-state index < -0.39 is 0 Å². The molecule has 5 nitrogen and oxygen atoms in total. The van der Waals surface area contributed by atoms with Crippen molar-refractivity contribution in [3.05, 3.63) is 85.8 Å². The Labute approximate surface area is 248 Å². The molecule has 1 aliphatic carbocycles. The van der Waals surface area contributed by atoms with E-state index in [1.54, 1.807) is 0 Å². The molecule has 3 aliphatic rings. The van der Waals surface area contributed by atoms with Gasteiger partial charge in [0.1, 0.15) is 0 Å². The molecule has 3 aromatic rings. The molecule has 7 heteroatoms. The van der Waals surface area contributed by atoms with E-state index in [4.69, 9.17) is 4.98 Å². The lowest BCUT2D eigenvalue weighted by Gasteiger charge is -2.38. The van der Waals surface area contributed by atoms with Gasteiger partial charge in [-0.1, -0.05) is 22.0 Å². The zero-order chi connectivity index (χ0) is 26.9. The highest BCUT2D eigenvalue weighted by Gasteiger charge is 2.36. The summed E-state index contributed by atoms with van der Waals surface area (Å²) in [7, 11) is 0. The molecule has 2 saturated heterocycles. The van der Waals surface area contributed by atoms with Crippen molar-refractivity contribution in [2.45, 2.75) is 57.8 Å². The molecule has 2 aliphatic heterocycles. The van der Waals surface area contributed by atoms with Crippen LogP contribution in [0.15, 0.2) is 57.9 Å². The van der Waals surface area contributed by atoms with Crippen LogP contribution in [-0.4, -0.2) is 47.0 Å². The number of hydrogen-bond acceptors (Lipinski definition) is 4. The fourth-order valence-electron chi connectivity index (χ4n) is 7.03. The summed E-state index contributed by atoms with van der Waals surface area (Å²) >= 11 is 7.59. The molecular weight excluding hydrogens is 616 g/mol. The second kappa shape index (κ2) is 11.7. The number of benzene rings is 1. The number of anilines is 1. The molecule has 0 saturated carbocycles. The number of halogens is 2. The Bertz CT molecular complexity index is 1330. The molecule has 39 heavy (non-hydrogen) atoms. The van der Waals surface area contributed by atoms with E-state index in [0.29, 0.717) is 24.2 Å². The highest BCUT2D eigenvalue weighted by atomic mass is 79.9. The standard InChI is InChI=1S/C32H36Br2N4O/c1-21-16-24-2-3-25-19-26(33)20-36-32(25)31(30(24)28(34)17-21)23-8-14-38(15-9-23)29(39)18-22-6-12-37(13-7-22)27-4-10-35-11-5-27/h4-5,10-11,16-17,19-20,22-23,31H,2-3,6-9,12-15,18H2,1H3. The van der Waals surface area contributed by atoms with Crippen LogP contribution in [0.4, 0.5) is 5.69 Å². The van der Waals surface area contributed by atoms with E-state index in [1.807, 2.05) is 18.6 Å². The molecule has 1 atom stereocenters. The van der Waals surface area contributed by atoms with Crippen LogP contribution in [-0.2, 0) is 17.6 Å². The topological polar surface area (TPSA) is 49.3 Å². The van der Waals surface area contributed by atoms with Gasteiger partial charge in [0.25, 0.3) is 0 Å². The van der Waals surface area contributed by atoms with Crippen LogP contribution in [0.2, 0.25) is 0 Å². The van der Waals surface area contributed by atoms with Crippen LogP contribution in [0.25, 0.3) is 0 Å². The summed E-state index contributed by atoms with van der Waals surface area (Å²) in [6.07, 6.45) is 12.6. The summed E-state index contributed by atoms with van der Waals surface area (Å²) in [4.78, 5) is 27.1. The second-order valence-corrected chi connectivity index (χ2v) is 13.3. The molecule has 0 bridgehead atoms.